The van der Waals surface area contributed by atoms with Crippen molar-refractivity contribution in [3.63, 3.8) is 0 Å². The second-order valence-electron chi connectivity index (χ2n) is 4.39. The minimum Gasteiger partial charge on any atom is -0.347 e. The minimum atomic E-state index is -0.290. The fourth-order valence-electron chi connectivity index (χ4n) is 2.11. The normalized spacial score (nSPS) is 10.9. The zero-order valence-corrected chi connectivity index (χ0v) is 11.6. The number of hydrogen-bond acceptors (Lipinski definition) is 3. The van der Waals surface area contributed by atoms with Crippen LogP contribution in [-0.2, 0) is 6.54 Å². The van der Waals surface area contributed by atoms with Gasteiger partial charge in [-0.2, -0.15) is 0 Å². The van der Waals surface area contributed by atoms with E-state index in [0.29, 0.717) is 28.2 Å². The number of fused-ring (bicyclic) bond motifs is 1. The summed E-state index contributed by atoms with van der Waals surface area (Å²) < 4.78 is 14.6. The van der Waals surface area contributed by atoms with E-state index >= 15 is 0 Å². The number of halogens is 1. The molecule has 1 aromatic carbocycles. The van der Waals surface area contributed by atoms with Crippen molar-refractivity contribution in [3.05, 3.63) is 52.7 Å². The van der Waals surface area contributed by atoms with Crippen LogP contribution in [0.15, 0.2) is 30.6 Å². The van der Waals surface area contributed by atoms with Gasteiger partial charge < -0.3 is 10.3 Å². The predicted molar refractivity (Wildman–Crippen MR) is 76.3 cm³/mol. The van der Waals surface area contributed by atoms with Crippen molar-refractivity contribution in [1.29, 1.82) is 0 Å². The van der Waals surface area contributed by atoms with Crippen LogP contribution in [0.2, 0.25) is 0 Å². The summed E-state index contributed by atoms with van der Waals surface area (Å²) in [6.45, 7) is 2.09. The highest BCUT2D eigenvalue weighted by Crippen LogP contribution is 2.32. The van der Waals surface area contributed by atoms with Crippen molar-refractivity contribution in [2.45, 2.75) is 13.5 Å². The Morgan fingerprint density at radius 2 is 2.35 bits per heavy atom. The number of nitrogens with one attached hydrogen (secondary N) is 2. The second kappa shape index (κ2) is 5.05. The van der Waals surface area contributed by atoms with Gasteiger partial charge in [0.15, 0.2) is 0 Å². The Hall–Kier alpha value is -2.21. The molecule has 0 spiro atoms. The maximum Gasteiger partial charge on any atom is 0.262 e. The van der Waals surface area contributed by atoms with E-state index < -0.39 is 0 Å². The van der Waals surface area contributed by atoms with Crippen molar-refractivity contribution in [2.75, 3.05) is 0 Å². The third-order valence-corrected chi connectivity index (χ3v) is 4.34. The summed E-state index contributed by atoms with van der Waals surface area (Å²) in [5.74, 6) is 0.184. The Balaban J connectivity index is 1.88. The summed E-state index contributed by atoms with van der Waals surface area (Å²) in [4.78, 5) is 19.7. The number of nitrogens with zero attached hydrogens (tertiary/aromatic N) is 1. The first-order valence-corrected chi connectivity index (χ1v) is 6.92. The van der Waals surface area contributed by atoms with Crippen molar-refractivity contribution in [2.24, 2.45) is 0 Å². The van der Waals surface area contributed by atoms with E-state index in [9.17, 15) is 9.18 Å². The number of aromatic amines is 1. The third kappa shape index (κ3) is 2.18. The molecule has 3 aromatic rings. The summed E-state index contributed by atoms with van der Waals surface area (Å²) in [7, 11) is 0. The molecule has 0 bridgehead atoms. The summed E-state index contributed by atoms with van der Waals surface area (Å²) in [6, 6.07) is 4.88. The van der Waals surface area contributed by atoms with Crippen LogP contribution in [0.5, 0.6) is 0 Å². The molecule has 2 heterocycles. The molecule has 0 saturated carbocycles. The molecule has 0 unspecified atom stereocenters. The van der Waals surface area contributed by atoms with Crippen LogP contribution in [0.4, 0.5) is 4.39 Å². The number of thiophene rings is 1. The average molecular weight is 289 g/mol. The summed E-state index contributed by atoms with van der Waals surface area (Å²) >= 11 is 1.30. The molecule has 0 aliphatic carbocycles. The van der Waals surface area contributed by atoms with Gasteiger partial charge in [-0.25, -0.2) is 9.37 Å². The number of benzene rings is 1. The Morgan fingerprint density at radius 1 is 1.50 bits per heavy atom. The highest BCUT2D eigenvalue weighted by Gasteiger charge is 2.17. The number of carbonyl (C=O) groups excluding carboxylic acids is 1. The lowest BCUT2D eigenvalue weighted by molar-refractivity contribution is 0.0953. The highest BCUT2D eigenvalue weighted by atomic mass is 32.1. The third-order valence-electron chi connectivity index (χ3n) is 3.08. The lowest BCUT2D eigenvalue weighted by atomic mass is 10.1. The Morgan fingerprint density at radius 3 is 3.05 bits per heavy atom. The van der Waals surface area contributed by atoms with E-state index in [-0.39, 0.29) is 11.7 Å². The van der Waals surface area contributed by atoms with E-state index in [2.05, 4.69) is 15.3 Å². The first-order chi connectivity index (χ1) is 9.66. The number of aromatic nitrogens is 2. The molecule has 1 amide bonds. The molecule has 6 heteroatoms. The summed E-state index contributed by atoms with van der Waals surface area (Å²) in [6.07, 6.45) is 3.32. The van der Waals surface area contributed by atoms with Crippen LogP contribution in [-0.4, -0.2) is 15.9 Å². The van der Waals surface area contributed by atoms with Crippen LogP contribution in [0.1, 0.15) is 21.1 Å². The fraction of sp³-hybridized carbons (Fsp3) is 0.143. The Bertz CT molecular complexity index is 764. The number of imidazole rings is 1. The Labute approximate surface area is 118 Å². The molecule has 2 aromatic heterocycles. The summed E-state index contributed by atoms with van der Waals surface area (Å²) in [5, 5.41) is 3.31. The van der Waals surface area contributed by atoms with E-state index in [4.69, 9.17) is 0 Å². The van der Waals surface area contributed by atoms with E-state index in [0.717, 1.165) is 4.70 Å². The molecule has 0 fully saturated rings. The van der Waals surface area contributed by atoms with Crippen molar-refractivity contribution in [3.8, 4) is 0 Å². The maximum absolute atomic E-state index is 13.8. The number of hydrogen-bond donors (Lipinski definition) is 2. The molecule has 20 heavy (non-hydrogen) atoms. The molecule has 2 N–H and O–H groups in total. The van der Waals surface area contributed by atoms with Crippen molar-refractivity contribution >= 4 is 27.3 Å². The van der Waals surface area contributed by atoms with Crippen LogP contribution in [0.25, 0.3) is 10.1 Å². The van der Waals surface area contributed by atoms with E-state index in [1.165, 1.54) is 17.4 Å². The molecule has 4 nitrogen and oxygen atoms in total. The van der Waals surface area contributed by atoms with Crippen molar-refractivity contribution < 1.29 is 9.18 Å². The maximum atomic E-state index is 13.8. The number of carbonyl (C=O) groups is 1. The molecule has 0 aliphatic rings. The highest BCUT2D eigenvalue weighted by molar-refractivity contribution is 7.21. The molecule has 0 saturated heterocycles. The van der Waals surface area contributed by atoms with Gasteiger partial charge in [0.05, 0.1) is 11.4 Å². The van der Waals surface area contributed by atoms with Gasteiger partial charge in [-0.05, 0) is 24.6 Å². The van der Waals surface area contributed by atoms with Gasteiger partial charge in [0, 0.05) is 22.5 Å². The van der Waals surface area contributed by atoms with Crippen molar-refractivity contribution in [1.82, 2.24) is 15.3 Å². The topological polar surface area (TPSA) is 57.8 Å². The fourth-order valence-corrected chi connectivity index (χ4v) is 3.25. The average Bonchev–Trinajstić information content (AvgIpc) is 3.05. The molecule has 0 radical (unpaired) electrons. The van der Waals surface area contributed by atoms with Crippen LogP contribution < -0.4 is 5.32 Å². The largest absolute Gasteiger partial charge is 0.347 e. The smallest absolute Gasteiger partial charge is 0.262 e. The van der Waals surface area contributed by atoms with Crippen LogP contribution in [0.3, 0.4) is 0 Å². The zero-order chi connectivity index (χ0) is 14.1. The molecule has 0 aliphatic heterocycles. The van der Waals surface area contributed by atoms with E-state index in [1.807, 2.05) is 6.07 Å². The second-order valence-corrected chi connectivity index (χ2v) is 5.44. The van der Waals surface area contributed by atoms with Crippen LogP contribution in [0, 0.1) is 12.7 Å². The standard InChI is InChI=1S/C14H12FN3OS/c1-8-12-9(15)3-2-4-10(12)20-13(8)14(19)18-7-11-16-5-6-17-11/h2-6H,7H2,1H3,(H,16,17)(H,18,19). The lowest BCUT2D eigenvalue weighted by Gasteiger charge is -2.02. The molecular formula is C14H12FN3OS. The summed E-state index contributed by atoms with van der Waals surface area (Å²) in [5.41, 5.74) is 0.681. The number of amides is 1. The quantitative estimate of drug-likeness (QED) is 0.778. The van der Waals surface area contributed by atoms with Crippen LogP contribution >= 0.6 is 11.3 Å². The van der Waals surface area contributed by atoms with Gasteiger partial charge in [0.1, 0.15) is 11.6 Å². The Kier molecular flexibility index (Phi) is 3.23. The number of aryl methyl sites for hydroxylation is 1. The predicted octanol–water partition coefficient (Wildman–Crippen LogP) is 3.00. The number of H-pyrrole nitrogens is 1. The zero-order valence-electron chi connectivity index (χ0n) is 10.7. The van der Waals surface area contributed by atoms with Gasteiger partial charge in [0.25, 0.3) is 5.91 Å². The van der Waals surface area contributed by atoms with Gasteiger partial charge in [-0.15, -0.1) is 11.3 Å². The van der Waals surface area contributed by atoms with Gasteiger partial charge in [-0.1, -0.05) is 6.07 Å². The van der Waals surface area contributed by atoms with E-state index in [1.54, 1.807) is 25.4 Å². The minimum absolute atomic E-state index is 0.209. The monoisotopic (exact) mass is 289 g/mol. The van der Waals surface area contributed by atoms with Gasteiger partial charge >= 0.3 is 0 Å². The SMILES string of the molecule is Cc1c(C(=O)NCc2ncc[nH]2)sc2cccc(F)c12. The first-order valence-electron chi connectivity index (χ1n) is 6.11. The van der Waals surface area contributed by atoms with Gasteiger partial charge in [-0.3, -0.25) is 4.79 Å². The molecular weight excluding hydrogens is 277 g/mol. The molecule has 0 atom stereocenters. The van der Waals surface area contributed by atoms with Gasteiger partial charge in [0.2, 0.25) is 0 Å². The lowest BCUT2D eigenvalue weighted by Crippen LogP contribution is -2.23. The molecule has 102 valence electrons. The number of rotatable bonds is 3. The molecule has 3 rings (SSSR count). The first kappa shape index (κ1) is 12.8.